The van der Waals surface area contributed by atoms with Gasteiger partial charge in [0.15, 0.2) is 11.3 Å². The quantitative estimate of drug-likeness (QED) is 0.127. The average molecular weight is 617 g/mol. The van der Waals surface area contributed by atoms with E-state index in [0.29, 0.717) is 18.9 Å². The topological polar surface area (TPSA) is 113 Å². The molecule has 11 heteroatoms. The van der Waals surface area contributed by atoms with Crippen molar-refractivity contribution in [3.05, 3.63) is 110 Å². The van der Waals surface area contributed by atoms with Gasteiger partial charge in [-0.15, -0.1) is 24.5 Å². The number of nitriles is 3. The van der Waals surface area contributed by atoms with Crippen LogP contribution in [-0.2, 0) is 11.3 Å². The molecular formula is C33H27F3N4O3S. The maximum atomic E-state index is 12.9. The fraction of sp³-hybridized carbons (Fsp3) is 0.182. The van der Waals surface area contributed by atoms with E-state index >= 15 is 0 Å². The molecule has 1 N–H and O–H groups in total. The van der Waals surface area contributed by atoms with Crippen LogP contribution < -0.4 is 9.64 Å². The molecule has 2 aromatic carbocycles. The molecule has 0 radical (unpaired) electrons. The molecule has 0 aliphatic carbocycles. The standard InChI is InChI=1S/C33H27F3N4O3S/c1-23(30(21-39)32(26(19-37)20-38)43-33(34,35)36)8-12-28-14-15-29(44-28)13-10-25-9-11-27(40(2)16-17-41)18-31(25)42-22-24-6-4-3-5-7-24/h3-15,18,41H,16-17,22H2,1-2H3/b12-8+,13-10+,30-23+. The van der Waals surface area contributed by atoms with Crippen molar-refractivity contribution >= 4 is 35.3 Å². The van der Waals surface area contributed by atoms with E-state index in [1.807, 2.05) is 78.7 Å². The first-order valence-corrected chi connectivity index (χ1v) is 13.9. The number of ether oxygens (including phenoxy) is 2. The van der Waals surface area contributed by atoms with Crippen molar-refractivity contribution < 1.29 is 27.8 Å². The molecule has 3 aromatic rings. The highest BCUT2D eigenvalue weighted by Gasteiger charge is 2.35. The molecule has 224 valence electrons. The number of halogens is 3. The fourth-order valence-corrected chi connectivity index (χ4v) is 4.65. The van der Waals surface area contributed by atoms with Crippen LogP contribution in [0, 0.1) is 34.0 Å². The second-order valence-electron chi connectivity index (χ2n) is 9.19. The Labute approximate surface area is 257 Å². The molecule has 0 unspecified atom stereocenters. The summed E-state index contributed by atoms with van der Waals surface area (Å²) in [4.78, 5) is 3.54. The molecular weight excluding hydrogens is 589 g/mol. The molecule has 44 heavy (non-hydrogen) atoms. The maximum Gasteiger partial charge on any atom is 0.573 e. The number of hydrogen-bond donors (Lipinski definition) is 1. The van der Waals surface area contributed by atoms with Crippen LogP contribution in [0.2, 0.25) is 0 Å². The molecule has 0 aliphatic rings. The Morgan fingerprint density at radius 1 is 0.955 bits per heavy atom. The highest BCUT2D eigenvalue weighted by molar-refractivity contribution is 7.13. The van der Waals surface area contributed by atoms with Gasteiger partial charge in [0.05, 0.1) is 12.2 Å². The minimum absolute atomic E-state index is 0.0145. The van der Waals surface area contributed by atoms with Gasteiger partial charge in [0, 0.05) is 40.7 Å². The lowest BCUT2D eigenvalue weighted by molar-refractivity contribution is -0.303. The second-order valence-corrected chi connectivity index (χ2v) is 10.3. The van der Waals surface area contributed by atoms with Crippen LogP contribution in [0.5, 0.6) is 5.75 Å². The second kappa shape index (κ2) is 15.8. The number of aliphatic hydroxyl groups excluding tert-OH is 1. The lowest BCUT2D eigenvalue weighted by Crippen LogP contribution is -2.21. The number of aliphatic hydroxyl groups is 1. The van der Waals surface area contributed by atoms with E-state index in [4.69, 9.17) is 15.3 Å². The van der Waals surface area contributed by atoms with Gasteiger partial charge < -0.3 is 19.5 Å². The third kappa shape index (κ3) is 9.64. The summed E-state index contributed by atoms with van der Waals surface area (Å²) >= 11 is 1.39. The zero-order valence-electron chi connectivity index (χ0n) is 23.8. The van der Waals surface area contributed by atoms with Gasteiger partial charge in [-0.05, 0) is 60.6 Å². The van der Waals surface area contributed by atoms with Crippen molar-refractivity contribution in [1.29, 1.82) is 15.8 Å². The van der Waals surface area contributed by atoms with Gasteiger partial charge in [-0.2, -0.15) is 15.8 Å². The third-order valence-electron chi connectivity index (χ3n) is 6.08. The van der Waals surface area contributed by atoms with E-state index in [1.165, 1.54) is 36.5 Å². The predicted molar refractivity (Wildman–Crippen MR) is 164 cm³/mol. The third-order valence-corrected chi connectivity index (χ3v) is 7.10. The molecule has 0 saturated heterocycles. The number of nitrogens with zero attached hydrogens (tertiary/aromatic N) is 4. The first-order valence-electron chi connectivity index (χ1n) is 13.1. The van der Waals surface area contributed by atoms with Gasteiger partial charge in [-0.25, -0.2) is 0 Å². The molecule has 0 bridgehead atoms. The number of likely N-dealkylation sites (N-methyl/N-ethyl adjacent to an activating group) is 1. The summed E-state index contributed by atoms with van der Waals surface area (Å²) < 4.78 is 48.8. The molecule has 0 saturated carbocycles. The lowest BCUT2D eigenvalue weighted by Gasteiger charge is -2.20. The fourth-order valence-electron chi connectivity index (χ4n) is 3.83. The van der Waals surface area contributed by atoms with Crippen LogP contribution in [0.3, 0.4) is 0 Å². The Bertz CT molecular complexity index is 1690. The predicted octanol–water partition coefficient (Wildman–Crippen LogP) is 7.62. The summed E-state index contributed by atoms with van der Waals surface area (Å²) in [5, 5.41) is 37.0. The van der Waals surface area contributed by atoms with Gasteiger partial charge in [0.2, 0.25) is 0 Å². The van der Waals surface area contributed by atoms with Crippen molar-refractivity contribution in [3.63, 3.8) is 0 Å². The molecule has 0 atom stereocenters. The van der Waals surface area contributed by atoms with Crippen LogP contribution in [0.25, 0.3) is 18.2 Å². The van der Waals surface area contributed by atoms with E-state index in [9.17, 15) is 23.5 Å². The summed E-state index contributed by atoms with van der Waals surface area (Å²) in [6.45, 7) is 2.23. The molecule has 0 fully saturated rings. The highest BCUT2D eigenvalue weighted by Crippen LogP contribution is 2.31. The van der Waals surface area contributed by atoms with E-state index in [-0.39, 0.29) is 12.2 Å². The zero-order chi connectivity index (χ0) is 32.1. The Kier molecular flexibility index (Phi) is 11.9. The van der Waals surface area contributed by atoms with E-state index in [2.05, 4.69) is 4.74 Å². The van der Waals surface area contributed by atoms with Crippen molar-refractivity contribution in [1.82, 2.24) is 0 Å². The molecule has 3 rings (SSSR count). The first-order chi connectivity index (χ1) is 21.1. The summed E-state index contributed by atoms with van der Waals surface area (Å²) in [6, 6.07) is 23.5. The van der Waals surface area contributed by atoms with Crippen molar-refractivity contribution in [2.24, 2.45) is 0 Å². The summed E-state index contributed by atoms with van der Waals surface area (Å²) in [7, 11) is 1.88. The number of thiophene rings is 1. The maximum absolute atomic E-state index is 12.9. The summed E-state index contributed by atoms with van der Waals surface area (Å²) in [6.07, 6.45) is 1.64. The van der Waals surface area contributed by atoms with Gasteiger partial charge >= 0.3 is 6.36 Å². The van der Waals surface area contributed by atoms with Gasteiger partial charge in [-0.1, -0.05) is 36.4 Å². The lowest BCUT2D eigenvalue weighted by atomic mass is 10.0. The molecule has 1 heterocycles. The van der Waals surface area contributed by atoms with Crippen LogP contribution in [0.4, 0.5) is 18.9 Å². The summed E-state index contributed by atoms with van der Waals surface area (Å²) in [5.74, 6) is -0.478. The van der Waals surface area contributed by atoms with Crippen molar-refractivity contribution in [2.75, 3.05) is 25.1 Å². The monoisotopic (exact) mass is 616 g/mol. The van der Waals surface area contributed by atoms with Gasteiger partial charge in [0.1, 0.15) is 30.6 Å². The van der Waals surface area contributed by atoms with E-state index < -0.39 is 23.3 Å². The number of anilines is 1. The average Bonchev–Trinajstić information content (AvgIpc) is 3.46. The molecule has 1 aromatic heterocycles. The first kappa shape index (κ1) is 33.2. The SMILES string of the molecule is CC(/C=C/c1ccc(/C=C/c2ccc(N(C)CCO)cc2OCc2ccccc2)s1)=C(/C#N)C(OC(F)(F)F)=C(C#N)C#N. The Morgan fingerprint density at radius 3 is 2.25 bits per heavy atom. The largest absolute Gasteiger partial charge is 0.573 e. The van der Waals surface area contributed by atoms with Crippen molar-refractivity contribution in [2.45, 2.75) is 19.9 Å². The van der Waals surface area contributed by atoms with E-state index in [1.54, 1.807) is 18.2 Å². The molecule has 7 nitrogen and oxygen atoms in total. The molecule has 0 spiro atoms. The van der Waals surface area contributed by atoms with Crippen LogP contribution >= 0.6 is 11.3 Å². The minimum Gasteiger partial charge on any atom is -0.488 e. The highest BCUT2D eigenvalue weighted by atomic mass is 32.1. The van der Waals surface area contributed by atoms with Gasteiger partial charge in [-0.3, -0.25) is 0 Å². The van der Waals surface area contributed by atoms with E-state index in [0.717, 1.165) is 26.6 Å². The molecule has 0 amide bonds. The Morgan fingerprint density at radius 2 is 1.64 bits per heavy atom. The van der Waals surface area contributed by atoms with Crippen molar-refractivity contribution in [3.8, 4) is 24.0 Å². The minimum atomic E-state index is -5.20. The Balaban J connectivity index is 1.86. The van der Waals surface area contributed by atoms with Crippen LogP contribution in [-0.4, -0.2) is 31.7 Å². The smallest absolute Gasteiger partial charge is 0.488 e. The van der Waals surface area contributed by atoms with Gasteiger partial charge in [0.25, 0.3) is 0 Å². The number of alkyl halides is 3. The van der Waals surface area contributed by atoms with Crippen LogP contribution in [0.15, 0.2) is 89.2 Å². The normalized spacial score (nSPS) is 11.8. The zero-order valence-corrected chi connectivity index (χ0v) is 24.6. The number of rotatable bonds is 12. The number of benzene rings is 2. The molecule has 0 aliphatic heterocycles. The van der Waals surface area contributed by atoms with Crippen LogP contribution in [0.1, 0.15) is 27.8 Å². The number of allylic oxidation sites excluding steroid dienone is 4. The summed E-state index contributed by atoms with van der Waals surface area (Å²) in [5.41, 5.74) is 1.27. The number of hydrogen-bond acceptors (Lipinski definition) is 8. The Hall–Kier alpha value is -5.28.